The number of terminal acetylenes is 1. The fraction of sp³-hybridized carbons (Fsp3) is 0.429. The second-order valence-electron chi connectivity index (χ2n) is 4.11. The number of thiazole rings is 1. The first-order valence-electron chi connectivity index (χ1n) is 6.28. The quantitative estimate of drug-likeness (QED) is 0.332. The summed E-state index contributed by atoms with van der Waals surface area (Å²) >= 11 is 1.47. The number of carbonyl (C=O) groups excluding carboxylic acids is 1. The second-order valence-corrected chi connectivity index (χ2v) is 4.97. The Kier molecular flexibility index (Phi) is 7.56. The van der Waals surface area contributed by atoms with Gasteiger partial charge in [0, 0.05) is 11.8 Å². The molecular weight excluding hydrogens is 260 g/mol. The van der Waals surface area contributed by atoms with Crippen LogP contribution >= 0.6 is 11.3 Å². The molecular formula is C14H18N2O2S. The monoisotopic (exact) mass is 278 g/mol. The minimum atomic E-state index is -0.312. The van der Waals surface area contributed by atoms with E-state index >= 15 is 0 Å². The van der Waals surface area contributed by atoms with Crippen molar-refractivity contribution in [1.82, 2.24) is 10.5 Å². The van der Waals surface area contributed by atoms with Gasteiger partial charge in [-0.3, -0.25) is 10.0 Å². The van der Waals surface area contributed by atoms with E-state index in [0.717, 1.165) is 37.8 Å². The van der Waals surface area contributed by atoms with Gasteiger partial charge < -0.3 is 0 Å². The molecule has 4 nitrogen and oxygen atoms in total. The molecule has 1 aromatic rings. The Labute approximate surface area is 117 Å². The van der Waals surface area contributed by atoms with Crippen LogP contribution in [0, 0.1) is 12.3 Å². The molecule has 102 valence electrons. The normalized spacial score (nSPS) is 10.5. The van der Waals surface area contributed by atoms with Crippen LogP contribution in [0.5, 0.6) is 0 Å². The van der Waals surface area contributed by atoms with E-state index in [1.54, 1.807) is 5.48 Å². The average molecular weight is 278 g/mol. The van der Waals surface area contributed by atoms with Crippen molar-refractivity contribution in [2.24, 2.45) is 0 Å². The highest BCUT2D eigenvalue weighted by Crippen LogP contribution is 2.11. The fourth-order valence-corrected chi connectivity index (χ4v) is 2.18. The summed E-state index contributed by atoms with van der Waals surface area (Å²) in [4.78, 5) is 15.0. The van der Waals surface area contributed by atoms with E-state index in [2.05, 4.69) is 17.0 Å². The minimum Gasteiger partial charge on any atom is -0.289 e. The Hall–Kier alpha value is -1.64. The zero-order chi connectivity index (χ0) is 13.9. The highest BCUT2D eigenvalue weighted by molar-refractivity contribution is 7.10. The zero-order valence-electron chi connectivity index (χ0n) is 10.8. The number of hydroxylamine groups is 1. The lowest BCUT2D eigenvalue weighted by atomic mass is 10.1. The molecule has 0 bridgehead atoms. The first-order chi connectivity index (χ1) is 9.26. The van der Waals surface area contributed by atoms with Crippen LogP contribution in [-0.4, -0.2) is 16.1 Å². The number of hydrogen-bond donors (Lipinski definition) is 2. The van der Waals surface area contributed by atoms with Gasteiger partial charge in [-0.15, -0.1) is 17.8 Å². The van der Waals surface area contributed by atoms with Crippen LogP contribution < -0.4 is 5.48 Å². The maximum Gasteiger partial charge on any atom is 0.243 e. The first-order valence-corrected chi connectivity index (χ1v) is 7.16. The van der Waals surface area contributed by atoms with E-state index in [-0.39, 0.29) is 5.91 Å². The predicted octanol–water partition coefficient (Wildman–Crippen LogP) is 2.98. The topological polar surface area (TPSA) is 62.2 Å². The summed E-state index contributed by atoms with van der Waals surface area (Å²) in [5.74, 6) is 2.20. The lowest BCUT2D eigenvalue weighted by Gasteiger charge is -1.98. The summed E-state index contributed by atoms with van der Waals surface area (Å²) in [6.07, 6.45) is 14.7. The number of unbranched alkanes of at least 4 members (excludes halogenated alkanes) is 4. The Morgan fingerprint density at radius 3 is 2.95 bits per heavy atom. The van der Waals surface area contributed by atoms with Gasteiger partial charge in [-0.1, -0.05) is 18.9 Å². The molecule has 0 aromatic carbocycles. The maximum atomic E-state index is 10.7. The van der Waals surface area contributed by atoms with Crippen molar-refractivity contribution in [3.05, 3.63) is 22.2 Å². The molecule has 0 fully saturated rings. The summed E-state index contributed by atoms with van der Waals surface area (Å²) in [5.41, 5.74) is 2.55. The van der Waals surface area contributed by atoms with Gasteiger partial charge >= 0.3 is 0 Å². The maximum absolute atomic E-state index is 10.7. The van der Waals surface area contributed by atoms with Gasteiger partial charge in [-0.25, -0.2) is 10.5 Å². The molecule has 1 amide bonds. The van der Waals surface area contributed by atoms with Crippen molar-refractivity contribution >= 4 is 23.3 Å². The molecule has 0 saturated heterocycles. The van der Waals surface area contributed by atoms with E-state index in [9.17, 15) is 4.79 Å². The van der Waals surface area contributed by atoms with Gasteiger partial charge in [0.2, 0.25) is 5.91 Å². The highest BCUT2D eigenvalue weighted by atomic mass is 32.1. The van der Waals surface area contributed by atoms with Crippen molar-refractivity contribution in [3.63, 3.8) is 0 Å². The summed E-state index contributed by atoms with van der Waals surface area (Å²) in [6.45, 7) is 0. The van der Waals surface area contributed by atoms with Crippen molar-refractivity contribution in [3.8, 4) is 12.3 Å². The Bertz CT molecular complexity index is 460. The molecule has 0 spiro atoms. The Balaban J connectivity index is 2.04. The minimum absolute atomic E-state index is 0.312. The smallest absolute Gasteiger partial charge is 0.243 e. The lowest BCUT2D eigenvalue weighted by molar-refractivity contribution is -0.129. The SMILES string of the molecule is C#Cc1nc(/C=C/CCCCCCC(=O)NO)cs1. The van der Waals surface area contributed by atoms with Crippen molar-refractivity contribution in [2.75, 3.05) is 0 Å². The zero-order valence-corrected chi connectivity index (χ0v) is 11.6. The average Bonchev–Trinajstić information content (AvgIpc) is 2.89. The number of carbonyl (C=O) groups is 1. The summed E-state index contributed by atoms with van der Waals surface area (Å²) in [7, 11) is 0. The molecule has 0 radical (unpaired) electrons. The Morgan fingerprint density at radius 1 is 1.47 bits per heavy atom. The highest BCUT2D eigenvalue weighted by Gasteiger charge is 1.98. The predicted molar refractivity (Wildman–Crippen MR) is 76.7 cm³/mol. The molecule has 0 aliphatic heterocycles. The van der Waals surface area contributed by atoms with Crippen LogP contribution in [-0.2, 0) is 4.79 Å². The molecule has 0 atom stereocenters. The van der Waals surface area contributed by atoms with Gasteiger partial charge in [0.1, 0.15) is 0 Å². The second kappa shape index (κ2) is 9.31. The molecule has 0 aliphatic carbocycles. The van der Waals surface area contributed by atoms with Crippen molar-refractivity contribution in [1.29, 1.82) is 0 Å². The number of hydrogen-bond acceptors (Lipinski definition) is 4. The molecule has 2 N–H and O–H groups in total. The molecule has 5 heteroatoms. The number of nitrogens with zero attached hydrogens (tertiary/aromatic N) is 1. The molecule has 1 rings (SSSR count). The molecule has 0 unspecified atom stereocenters. The van der Waals surface area contributed by atoms with Gasteiger partial charge in [0.05, 0.1) is 5.69 Å². The van der Waals surface area contributed by atoms with Crippen LogP contribution in [0.1, 0.15) is 49.2 Å². The van der Waals surface area contributed by atoms with E-state index in [0.29, 0.717) is 11.4 Å². The van der Waals surface area contributed by atoms with Crippen LogP contribution in [0.25, 0.3) is 6.08 Å². The van der Waals surface area contributed by atoms with E-state index in [1.807, 2.05) is 11.5 Å². The molecule has 1 aromatic heterocycles. The largest absolute Gasteiger partial charge is 0.289 e. The standard InChI is InChI=1S/C14H18N2O2S/c1-2-14-15-12(11-19-14)9-7-5-3-4-6-8-10-13(17)16-18/h1,7,9,11,18H,3-6,8,10H2,(H,16,17)/b9-7+. The third kappa shape index (κ3) is 6.75. The first kappa shape index (κ1) is 15.4. The van der Waals surface area contributed by atoms with Gasteiger partial charge in [0.25, 0.3) is 0 Å². The van der Waals surface area contributed by atoms with Crippen LogP contribution in [0.2, 0.25) is 0 Å². The number of rotatable bonds is 8. The molecule has 1 heterocycles. The third-order valence-corrected chi connectivity index (χ3v) is 3.38. The van der Waals surface area contributed by atoms with E-state index < -0.39 is 0 Å². The van der Waals surface area contributed by atoms with E-state index in [4.69, 9.17) is 11.6 Å². The number of aromatic nitrogens is 1. The van der Waals surface area contributed by atoms with Gasteiger partial charge in [0.15, 0.2) is 5.01 Å². The summed E-state index contributed by atoms with van der Waals surface area (Å²) in [5, 5.41) is 11.0. The number of amides is 1. The van der Waals surface area contributed by atoms with Crippen LogP contribution in [0.4, 0.5) is 0 Å². The summed E-state index contributed by atoms with van der Waals surface area (Å²) < 4.78 is 0. The van der Waals surface area contributed by atoms with Crippen LogP contribution in [0.15, 0.2) is 11.5 Å². The van der Waals surface area contributed by atoms with Gasteiger partial charge in [-0.05, 0) is 31.3 Å². The third-order valence-electron chi connectivity index (χ3n) is 2.58. The molecule has 19 heavy (non-hydrogen) atoms. The molecule has 0 aliphatic rings. The lowest BCUT2D eigenvalue weighted by Crippen LogP contribution is -2.17. The van der Waals surface area contributed by atoms with Crippen LogP contribution in [0.3, 0.4) is 0 Å². The fourth-order valence-electron chi connectivity index (χ4n) is 1.59. The van der Waals surface area contributed by atoms with E-state index in [1.165, 1.54) is 11.3 Å². The number of allylic oxidation sites excluding steroid dienone is 1. The summed E-state index contributed by atoms with van der Waals surface area (Å²) in [6, 6.07) is 0. The van der Waals surface area contributed by atoms with Crippen molar-refractivity contribution < 1.29 is 10.0 Å². The number of nitrogens with one attached hydrogen (secondary N) is 1. The van der Waals surface area contributed by atoms with Gasteiger partial charge in [-0.2, -0.15) is 0 Å². The Morgan fingerprint density at radius 2 is 2.26 bits per heavy atom. The van der Waals surface area contributed by atoms with Crippen molar-refractivity contribution in [2.45, 2.75) is 38.5 Å². The molecule has 0 saturated carbocycles.